The summed E-state index contributed by atoms with van der Waals surface area (Å²) in [6.45, 7) is 2.33. The van der Waals surface area contributed by atoms with Crippen molar-refractivity contribution in [1.29, 1.82) is 0 Å². The van der Waals surface area contributed by atoms with Crippen molar-refractivity contribution < 1.29 is 32.2 Å². The minimum absolute atomic E-state index is 0.0353. The molecular weight excluding hydrogens is 453 g/mol. The fourth-order valence-electron chi connectivity index (χ4n) is 3.25. The van der Waals surface area contributed by atoms with Crippen LogP contribution >= 0.6 is 11.8 Å². The van der Waals surface area contributed by atoms with Crippen LogP contribution in [0, 0.1) is 0 Å². The van der Waals surface area contributed by atoms with Gasteiger partial charge in [0.05, 0.1) is 11.3 Å². The van der Waals surface area contributed by atoms with E-state index < -0.39 is 17.7 Å². The molecule has 1 heterocycles. The van der Waals surface area contributed by atoms with Crippen molar-refractivity contribution in [2.75, 3.05) is 5.75 Å². The van der Waals surface area contributed by atoms with Crippen molar-refractivity contribution in [3.63, 3.8) is 0 Å². The first-order valence-corrected chi connectivity index (χ1v) is 11.7. The van der Waals surface area contributed by atoms with Crippen LogP contribution in [0.3, 0.4) is 0 Å². The lowest BCUT2D eigenvalue weighted by Crippen LogP contribution is -2.03. The summed E-state index contributed by atoms with van der Waals surface area (Å²) >= 11 is 1.31. The van der Waals surface area contributed by atoms with Gasteiger partial charge < -0.3 is 14.3 Å². The third kappa shape index (κ3) is 7.32. The monoisotopic (exact) mass is 478 g/mol. The van der Waals surface area contributed by atoms with Gasteiger partial charge in [0.25, 0.3) is 0 Å². The van der Waals surface area contributed by atoms with E-state index in [0.717, 1.165) is 41.9 Å². The largest absolute Gasteiger partial charge is 0.489 e. The highest BCUT2D eigenvalue weighted by Crippen LogP contribution is 2.33. The molecule has 0 spiro atoms. The van der Waals surface area contributed by atoms with Gasteiger partial charge in [-0.3, -0.25) is 4.79 Å². The lowest BCUT2D eigenvalue weighted by molar-refractivity contribution is -0.137. The Morgan fingerprint density at radius 2 is 1.88 bits per heavy atom. The number of thioether (sulfide) groups is 1. The van der Waals surface area contributed by atoms with Crippen molar-refractivity contribution in [2.45, 2.75) is 44.7 Å². The fraction of sp³-hybridized carbons (Fsp3) is 0.320. The number of carboxylic acids is 1. The molecule has 0 atom stereocenters. The quantitative estimate of drug-likeness (QED) is 0.316. The van der Waals surface area contributed by atoms with E-state index in [9.17, 15) is 18.0 Å². The van der Waals surface area contributed by atoms with Crippen molar-refractivity contribution in [3.8, 4) is 17.1 Å². The first-order valence-electron chi connectivity index (χ1n) is 10.6. The molecule has 0 fully saturated rings. The predicted octanol–water partition coefficient (Wildman–Crippen LogP) is 7.20. The number of rotatable bonds is 11. The molecular formula is C25H25F3O4S. The number of alkyl halides is 3. The molecule has 1 aromatic heterocycles. The highest BCUT2D eigenvalue weighted by molar-refractivity contribution is 7.99. The predicted molar refractivity (Wildman–Crippen MR) is 122 cm³/mol. The Kier molecular flexibility index (Phi) is 8.49. The van der Waals surface area contributed by atoms with Crippen molar-refractivity contribution in [2.24, 2.45) is 0 Å². The highest BCUT2D eigenvalue weighted by atomic mass is 32.2. The molecule has 0 aliphatic rings. The second-order valence-electron chi connectivity index (χ2n) is 7.56. The average molecular weight is 479 g/mol. The van der Waals surface area contributed by atoms with E-state index >= 15 is 0 Å². The summed E-state index contributed by atoms with van der Waals surface area (Å²) < 4.78 is 50.5. The van der Waals surface area contributed by atoms with Crippen LogP contribution in [0.25, 0.3) is 11.3 Å². The molecule has 0 saturated carbocycles. The number of carbonyl (C=O) groups is 1. The van der Waals surface area contributed by atoms with Crippen LogP contribution in [-0.4, -0.2) is 16.8 Å². The first kappa shape index (κ1) is 24.8. The minimum atomic E-state index is -4.38. The Bertz CT molecular complexity index is 1060. The molecule has 0 radical (unpaired) electrons. The zero-order chi connectivity index (χ0) is 23.8. The van der Waals surface area contributed by atoms with Crippen molar-refractivity contribution >= 4 is 17.7 Å². The van der Waals surface area contributed by atoms with Crippen LogP contribution in [-0.2, 0) is 29.8 Å². The molecule has 3 aromatic rings. The molecule has 1 N–H and O–H groups in total. The molecule has 8 heteroatoms. The molecule has 4 nitrogen and oxygen atoms in total. The van der Waals surface area contributed by atoms with Crippen molar-refractivity contribution in [3.05, 3.63) is 77.0 Å². The van der Waals surface area contributed by atoms with Gasteiger partial charge in [-0.1, -0.05) is 37.6 Å². The van der Waals surface area contributed by atoms with E-state index in [2.05, 4.69) is 6.92 Å². The van der Waals surface area contributed by atoms with Gasteiger partial charge >= 0.3 is 12.1 Å². The molecule has 0 unspecified atom stereocenters. The average Bonchev–Trinajstić information content (AvgIpc) is 3.19. The summed E-state index contributed by atoms with van der Waals surface area (Å²) in [6, 6.07) is 14.2. The number of halogens is 3. The van der Waals surface area contributed by atoms with Gasteiger partial charge in [0.15, 0.2) is 0 Å². The number of ether oxygens (including phenoxy) is 1. The molecule has 2 aromatic carbocycles. The molecule has 0 aliphatic carbocycles. The SMILES string of the molecule is CCCCc1oc(-c2ccc(C(F)(F)F)cc2)cc1COc1cccc(CSCC(=O)O)c1. The lowest BCUT2D eigenvalue weighted by Gasteiger charge is -2.08. The van der Waals surface area contributed by atoms with Gasteiger partial charge in [-0.2, -0.15) is 13.2 Å². The molecule has 0 amide bonds. The smallest absolute Gasteiger partial charge is 0.416 e. The number of benzene rings is 2. The minimum Gasteiger partial charge on any atom is -0.489 e. The van der Waals surface area contributed by atoms with Crippen LogP contribution < -0.4 is 4.74 Å². The Balaban J connectivity index is 1.73. The maximum Gasteiger partial charge on any atom is 0.416 e. The number of furan rings is 1. The maximum atomic E-state index is 12.9. The van der Waals surface area contributed by atoms with Gasteiger partial charge in [0.2, 0.25) is 0 Å². The number of aryl methyl sites for hydroxylation is 1. The van der Waals surface area contributed by atoms with E-state index in [1.54, 1.807) is 0 Å². The summed E-state index contributed by atoms with van der Waals surface area (Å²) in [4.78, 5) is 10.7. The highest BCUT2D eigenvalue weighted by Gasteiger charge is 2.30. The zero-order valence-electron chi connectivity index (χ0n) is 18.2. The zero-order valence-corrected chi connectivity index (χ0v) is 19.0. The van der Waals surface area contributed by atoms with E-state index in [0.29, 0.717) is 29.2 Å². The summed E-state index contributed by atoms with van der Waals surface area (Å²) in [6.07, 6.45) is -1.77. The number of hydrogen-bond donors (Lipinski definition) is 1. The Labute approximate surface area is 194 Å². The number of carboxylic acid groups (broad SMARTS) is 1. The molecule has 33 heavy (non-hydrogen) atoms. The van der Waals surface area contributed by atoms with Crippen LogP contribution in [0.2, 0.25) is 0 Å². The summed E-state index contributed by atoms with van der Waals surface area (Å²) in [7, 11) is 0. The van der Waals surface area contributed by atoms with Gasteiger partial charge in [0, 0.05) is 23.3 Å². The molecule has 3 rings (SSSR count). The van der Waals surface area contributed by atoms with Crippen LogP contribution in [0.15, 0.2) is 59.0 Å². The van der Waals surface area contributed by atoms with Gasteiger partial charge in [-0.05, 0) is 42.3 Å². The standard InChI is InChI=1S/C25H25F3O4S/c1-2-3-7-22-19(13-23(32-22)18-8-10-20(11-9-18)25(26,27)28)14-31-21-6-4-5-17(12-21)15-33-16-24(29)30/h4-6,8-13H,2-3,7,14-16H2,1H3,(H,29,30). The molecule has 0 aliphatic heterocycles. The third-order valence-electron chi connectivity index (χ3n) is 4.94. The Morgan fingerprint density at radius 3 is 2.55 bits per heavy atom. The van der Waals surface area contributed by atoms with E-state index in [-0.39, 0.29) is 12.4 Å². The normalized spacial score (nSPS) is 11.5. The van der Waals surface area contributed by atoms with Gasteiger partial charge in [-0.25, -0.2) is 0 Å². The molecule has 176 valence electrons. The number of unbranched alkanes of at least 4 members (excludes halogenated alkanes) is 1. The van der Waals surface area contributed by atoms with E-state index in [4.69, 9.17) is 14.3 Å². The van der Waals surface area contributed by atoms with Crippen LogP contribution in [0.5, 0.6) is 5.75 Å². The topological polar surface area (TPSA) is 59.7 Å². The number of aliphatic carboxylic acids is 1. The Hall–Kier alpha value is -2.87. The molecule has 0 bridgehead atoms. The fourth-order valence-corrected chi connectivity index (χ4v) is 3.94. The van der Waals surface area contributed by atoms with Crippen molar-refractivity contribution in [1.82, 2.24) is 0 Å². The molecule has 0 saturated heterocycles. The summed E-state index contributed by atoms with van der Waals surface area (Å²) in [5, 5.41) is 8.77. The second-order valence-corrected chi connectivity index (χ2v) is 8.55. The van der Waals surface area contributed by atoms with Crippen LogP contribution in [0.4, 0.5) is 13.2 Å². The van der Waals surface area contributed by atoms with Gasteiger partial charge in [-0.15, -0.1) is 11.8 Å². The Morgan fingerprint density at radius 1 is 1.12 bits per heavy atom. The van der Waals surface area contributed by atoms with E-state index in [1.165, 1.54) is 23.9 Å². The third-order valence-corrected chi connectivity index (χ3v) is 5.93. The summed E-state index contributed by atoms with van der Waals surface area (Å²) in [5.74, 6) is 1.67. The van der Waals surface area contributed by atoms with Crippen LogP contribution in [0.1, 0.15) is 42.2 Å². The summed E-state index contributed by atoms with van der Waals surface area (Å²) in [5.41, 5.74) is 1.69. The van der Waals surface area contributed by atoms with E-state index in [1.807, 2.05) is 30.3 Å². The van der Waals surface area contributed by atoms with Gasteiger partial charge in [0.1, 0.15) is 23.9 Å². The number of hydrogen-bond acceptors (Lipinski definition) is 4. The lowest BCUT2D eigenvalue weighted by atomic mass is 10.1. The second kappa shape index (κ2) is 11.3. The maximum absolute atomic E-state index is 12.9. The first-order chi connectivity index (χ1) is 15.8.